The number of carbonyl (C=O) groups is 1. The minimum absolute atomic E-state index is 0.214. The van der Waals surface area contributed by atoms with E-state index in [2.05, 4.69) is 10.1 Å². The standard InChI is InChI=1S/C9H8Cl3NO2/c1-15-9(14)13-4-5-2-6(10)3-7(11)8(5)12/h2-3H,4H2,1H3,(H,13,14). The van der Waals surface area contributed by atoms with Gasteiger partial charge >= 0.3 is 6.09 Å². The summed E-state index contributed by atoms with van der Waals surface area (Å²) in [6, 6.07) is 3.17. The highest BCUT2D eigenvalue weighted by Crippen LogP contribution is 2.29. The number of methoxy groups -OCH3 is 1. The van der Waals surface area contributed by atoms with Crippen LogP contribution in [0.2, 0.25) is 15.1 Å². The topological polar surface area (TPSA) is 38.3 Å². The summed E-state index contributed by atoms with van der Waals surface area (Å²) in [6.07, 6.45) is -0.540. The number of alkyl carbamates (subject to hydrolysis) is 1. The molecule has 1 amide bonds. The van der Waals surface area contributed by atoms with E-state index >= 15 is 0 Å². The fourth-order valence-electron chi connectivity index (χ4n) is 0.977. The number of rotatable bonds is 2. The number of amides is 1. The molecule has 3 nitrogen and oxygen atoms in total. The molecular weight excluding hydrogens is 260 g/mol. The maximum absolute atomic E-state index is 10.8. The summed E-state index contributed by atoms with van der Waals surface area (Å²) < 4.78 is 4.41. The summed E-state index contributed by atoms with van der Waals surface area (Å²) in [5, 5.41) is 3.67. The van der Waals surface area contributed by atoms with Gasteiger partial charge in [-0.2, -0.15) is 0 Å². The van der Waals surface area contributed by atoms with Gasteiger partial charge in [-0.05, 0) is 17.7 Å². The number of ether oxygens (including phenoxy) is 1. The van der Waals surface area contributed by atoms with Crippen LogP contribution in [0.25, 0.3) is 0 Å². The molecule has 0 saturated carbocycles. The van der Waals surface area contributed by atoms with Gasteiger partial charge in [0, 0.05) is 11.6 Å². The van der Waals surface area contributed by atoms with Crippen molar-refractivity contribution in [3.05, 3.63) is 32.8 Å². The van der Waals surface area contributed by atoms with Crippen molar-refractivity contribution in [3.63, 3.8) is 0 Å². The van der Waals surface area contributed by atoms with Gasteiger partial charge in [0.1, 0.15) is 0 Å². The van der Waals surface area contributed by atoms with Crippen LogP contribution in [0.3, 0.4) is 0 Å². The van der Waals surface area contributed by atoms with Crippen LogP contribution >= 0.6 is 34.8 Å². The van der Waals surface area contributed by atoms with Crippen molar-refractivity contribution in [2.24, 2.45) is 0 Å². The van der Waals surface area contributed by atoms with Gasteiger partial charge in [0.25, 0.3) is 0 Å². The van der Waals surface area contributed by atoms with Crippen LogP contribution in [0.5, 0.6) is 0 Å². The molecule has 0 spiro atoms. The lowest BCUT2D eigenvalue weighted by Gasteiger charge is -2.07. The van der Waals surface area contributed by atoms with Crippen molar-refractivity contribution in [2.45, 2.75) is 6.54 Å². The third-order valence-electron chi connectivity index (χ3n) is 1.68. The SMILES string of the molecule is COC(=O)NCc1cc(Cl)cc(Cl)c1Cl. The average Bonchev–Trinajstić information content (AvgIpc) is 2.20. The fraction of sp³-hybridized carbons (Fsp3) is 0.222. The van der Waals surface area contributed by atoms with Gasteiger partial charge in [0.2, 0.25) is 0 Å². The van der Waals surface area contributed by atoms with E-state index in [1.54, 1.807) is 6.07 Å². The summed E-state index contributed by atoms with van der Waals surface area (Å²) >= 11 is 17.5. The summed E-state index contributed by atoms with van der Waals surface area (Å²) in [7, 11) is 1.28. The quantitative estimate of drug-likeness (QED) is 0.834. The van der Waals surface area contributed by atoms with Gasteiger partial charge in [-0.15, -0.1) is 0 Å². The normalized spacial score (nSPS) is 9.87. The second-order valence-corrected chi connectivity index (χ2v) is 3.93. The third kappa shape index (κ3) is 3.45. The lowest BCUT2D eigenvalue weighted by molar-refractivity contribution is 0.170. The van der Waals surface area contributed by atoms with Crippen LogP contribution in [0, 0.1) is 0 Å². The summed E-state index contributed by atoms with van der Waals surface area (Å²) in [6.45, 7) is 0.214. The number of hydrogen-bond donors (Lipinski definition) is 1. The van der Waals surface area contributed by atoms with Gasteiger partial charge in [-0.1, -0.05) is 34.8 Å². The first-order valence-corrected chi connectivity index (χ1v) is 5.13. The van der Waals surface area contributed by atoms with Crippen LogP contribution in [0.15, 0.2) is 12.1 Å². The Morgan fingerprint density at radius 1 is 1.40 bits per heavy atom. The maximum Gasteiger partial charge on any atom is 0.407 e. The van der Waals surface area contributed by atoms with Crippen LogP contribution < -0.4 is 5.32 Å². The van der Waals surface area contributed by atoms with Crippen molar-refractivity contribution >= 4 is 40.9 Å². The molecule has 1 N–H and O–H groups in total. The molecule has 1 aromatic rings. The Hall–Kier alpha value is -0.640. The van der Waals surface area contributed by atoms with Gasteiger partial charge in [-0.25, -0.2) is 4.79 Å². The molecule has 0 fully saturated rings. The van der Waals surface area contributed by atoms with E-state index in [1.807, 2.05) is 0 Å². The average molecular weight is 269 g/mol. The molecule has 0 aliphatic carbocycles. The zero-order valence-electron chi connectivity index (χ0n) is 7.81. The molecule has 0 unspecified atom stereocenters. The molecule has 0 heterocycles. The first-order valence-electron chi connectivity index (χ1n) is 4.00. The zero-order valence-corrected chi connectivity index (χ0v) is 10.1. The van der Waals surface area contributed by atoms with E-state index in [-0.39, 0.29) is 6.54 Å². The Balaban J connectivity index is 2.81. The Kier molecular flexibility index (Phi) is 4.51. The highest BCUT2D eigenvalue weighted by atomic mass is 35.5. The lowest BCUT2D eigenvalue weighted by atomic mass is 10.2. The van der Waals surface area contributed by atoms with Crippen molar-refractivity contribution in [3.8, 4) is 0 Å². The summed E-state index contributed by atoms with van der Waals surface area (Å²) in [5.74, 6) is 0. The van der Waals surface area contributed by atoms with Crippen LogP contribution in [0.1, 0.15) is 5.56 Å². The second kappa shape index (κ2) is 5.45. The van der Waals surface area contributed by atoms with Crippen LogP contribution in [-0.4, -0.2) is 13.2 Å². The first-order chi connectivity index (χ1) is 7.04. The van der Waals surface area contributed by atoms with Crippen LogP contribution in [0.4, 0.5) is 4.79 Å². The summed E-state index contributed by atoms with van der Waals surface area (Å²) in [5.41, 5.74) is 0.638. The Labute approximate surface area is 102 Å². The van der Waals surface area contributed by atoms with E-state index < -0.39 is 6.09 Å². The number of halogens is 3. The van der Waals surface area contributed by atoms with E-state index in [1.165, 1.54) is 13.2 Å². The second-order valence-electron chi connectivity index (χ2n) is 2.71. The number of nitrogens with one attached hydrogen (secondary N) is 1. The Morgan fingerprint density at radius 2 is 2.07 bits per heavy atom. The van der Waals surface area contributed by atoms with Gasteiger partial charge in [0.05, 0.1) is 17.2 Å². The maximum atomic E-state index is 10.8. The van der Waals surface area contributed by atoms with Gasteiger partial charge < -0.3 is 10.1 Å². The van der Waals surface area contributed by atoms with E-state index in [4.69, 9.17) is 34.8 Å². The monoisotopic (exact) mass is 267 g/mol. The number of carbonyl (C=O) groups excluding carboxylic acids is 1. The molecule has 0 bridgehead atoms. The summed E-state index contributed by atoms with van der Waals surface area (Å²) in [4.78, 5) is 10.8. The largest absolute Gasteiger partial charge is 0.453 e. The molecule has 0 saturated heterocycles. The molecule has 1 aromatic carbocycles. The minimum Gasteiger partial charge on any atom is -0.453 e. The first kappa shape index (κ1) is 12.4. The highest BCUT2D eigenvalue weighted by molar-refractivity contribution is 6.43. The lowest BCUT2D eigenvalue weighted by Crippen LogP contribution is -2.22. The smallest absolute Gasteiger partial charge is 0.407 e. The molecule has 0 aliphatic rings. The van der Waals surface area contributed by atoms with Crippen molar-refractivity contribution in [1.29, 1.82) is 0 Å². The molecule has 82 valence electrons. The van der Waals surface area contributed by atoms with Crippen molar-refractivity contribution in [2.75, 3.05) is 7.11 Å². The van der Waals surface area contributed by atoms with E-state index in [0.717, 1.165) is 0 Å². The fourth-order valence-corrected chi connectivity index (χ4v) is 1.69. The van der Waals surface area contributed by atoms with Crippen LogP contribution in [-0.2, 0) is 11.3 Å². The van der Waals surface area contributed by atoms with Gasteiger partial charge in [-0.3, -0.25) is 0 Å². The molecule has 0 aromatic heterocycles. The Bertz CT molecular complexity index is 382. The number of hydrogen-bond acceptors (Lipinski definition) is 2. The predicted molar refractivity (Wildman–Crippen MR) is 60.7 cm³/mol. The molecule has 6 heteroatoms. The number of benzene rings is 1. The molecule has 1 rings (SSSR count). The molecular formula is C9H8Cl3NO2. The van der Waals surface area contributed by atoms with Crippen molar-refractivity contribution < 1.29 is 9.53 Å². The minimum atomic E-state index is -0.540. The Morgan fingerprint density at radius 3 is 2.67 bits per heavy atom. The molecule has 15 heavy (non-hydrogen) atoms. The molecule has 0 atom stereocenters. The highest BCUT2D eigenvalue weighted by Gasteiger charge is 2.08. The zero-order chi connectivity index (χ0) is 11.4. The predicted octanol–water partition coefficient (Wildman–Crippen LogP) is 3.50. The van der Waals surface area contributed by atoms with E-state index in [0.29, 0.717) is 20.6 Å². The third-order valence-corrected chi connectivity index (χ3v) is 2.74. The van der Waals surface area contributed by atoms with E-state index in [9.17, 15) is 4.79 Å². The van der Waals surface area contributed by atoms with Gasteiger partial charge in [0.15, 0.2) is 0 Å². The van der Waals surface area contributed by atoms with Crippen molar-refractivity contribution in [1.82, 2.24) is 5.32 Å². The molecule has 0 aliphatic heterocycles. The molecule has 0 radical (unpaired) electrons.